The van der Waals surface area contributed by atoms with Crippen LogP contribution in [0.15, 0.2) is 60.5 Å². The van der Waals surface area contributed by atoms with Crippen molar-refractivity contribution >= 4 is 29.5 Å². The van der Waals surface area contributed by atoms with Gasteiger partial charge in [0.2, 0.25) is 29.5 Å². The van der Waals surface area contributed by atoms with E-state index in [-0.39, 0.29) is 49.6 Å². The van der Waals surface area contributed by atoms with E-state index in [9.17, 15) is 24.0 Å². The number of carbonyl (C=O) groups excluding carboxylic acids is 5. The number of likely N-dealkylation sites (tertiary alicyclic amines) is 2. The number of likely N-dealkylation sites (N-methyl/N-ethyl adjacent to an activating group) is 1. The molecule has 0 radical (unpaired) electrons. The molecule has 7 rings (SSSR count). The first kappa shape index (κ1) is 39.6. The number of nitrogens with one attached hydrogen (secondary N) is 4. The molecule has 0 spiro atoms. The maximum Gasteiger partial charge on any atom is 0.246 e. The monoisotopic (exact) mass is 757 g/mol. The standard InChI is InChI=1S/C40H55N9O6/c1-25(2)35(44-36(50)26(3)41-4)40(54)48-23-30-21-34(48)38(52)42-32(19-27-11-7-5-8-12-27)37(51)43-33(39(53)47-17-9-6-10-18-47)20-28-13-15-31(16-14-28)55-24-29-22-49(30)46-45-29/h5,7-8,11-13,15-16,22,25-26,28,30,32-35,41H,6,9-10,14,17-21,23-24H2,1-4H3,(H,42,52)(H,43,51)(H,44,50)/t26-,28?,30-,32-,33-,34-,35-/m0/s1. The third-order valence-electron chi connectivity index (χ3n) is 11.1. The summed E-state index contributed by atoms with van der Waals surface area (Å²) >= 11 is 0. The lowest BCUT2D eigenvalue weighted by atomic mass is 9.91. The minimum atomic E-state index is -1.05. The van der Waals surface area contributed by atoms with Crippen molar-refractivity contribution in [1.29, 1.82) is 0 Å². The van der Waals surface area contributed by atoms with Crippen LogP contribution in [0.3, 0.4) is 0 Å². The van der Waals surface area contributed by atoms with Crippen molar-refractivity contribution in [3.05, 3.63) is 71.8 Å². The SMILES string of the molecule is CN[C@@H](C)C(=O)N[C@H](C(=O)N1C[C@@H]2C[C@H]1C(=O)N[C@@H](Cc1ccccc1)C(=O)N[C@H](C(=O)N1CCCCC1)CC1C=CC(=CC1)OCc1cn2nn1)C(C)C. The Morgan fingerprint density at radius 2 is 1.76 bits per heavy atom. The molecule has 6 bridgehead atoms. The highest BCUT2D eigenvalue weighted by molar-refractivity contribution is 5.96. The molecular weight excluding hydrogens is 702 g/mol. The Labute approximate surface area is 322 Å². The van der Waals surface area contributed by atoms with Gasteiger partial charge in [-0.25, -0.2) is 4.68 Å². The van der Waals surface area contributed by atoms with Crippen molar-refractivity contribution in [2.45, 2.75) is 109 Å². The molecule has 2 fully saturated rings. The number of benzene rings is 1. The quantitative estimate of drug-likeness (QED) is 0.312. The van der Waals surface area contributed by atoms with Crippen molar-refractivity contribution in [2.75, 3.05) is 26.7 Å². The van der Waals surface area contributed by atoms with Gasteiger partial charge in [0, 0.05) is 32.5 Å². The van der Waals surface area contributed by atoms with E-state index >= 15 is 0 Å². The van der Waals surface area contributed by atoms with Crippen molar-refractivity contribution in [1.82, 2.24) is 46.1 Å². The molecule has 2 saturated heterocycles. The number of nitrogens with zero attached hydrogens (tertiary/aromatic N) is 5. The second-order valence-corrected chi connectivity index (χ2v) is 15.5. The lowest BCUT2D eigenvalue weighted by molar-refractivity contribution is -0.143. The van der Waals surface area contributed by atoms with Gasteiger partial charge in [-0.1, -0.05) is 55.5 Å². The molecular formula is C40H55N9O6. The minimum absolute atomic E-state index is 0.0303. The van der Waals surface area contributed by atoms with Crippen LogP contribution in [-0.2, 0) is 41.7 Å². The van der Waals surface area contributed by atoms with Gasteiger partial charge in [-0.3, -0.25) is 24.0 Å². The van der Waals surface area contributed by atoms with Crippen LogP contribution in [0.2, 0.25) is 0 Å². The Bertz CT molecular complexity index is 1750. The number of allylic oxidation sites excluding steroid dienone is 3. The normalized spacial score (nSPS) is 25.8. The molecule has 4 aliphatic heterocycles. The third-order valence-corrected chi connectivity index (χ3v) is 11.1. The molecule has 5 amide bonds. The zero-order chi connectivity index (χ0) is 39.1. The molecule has 1 unspecified atom stereocenters. The maximum absolute atomic E-state index is 14.5. The largest absolute Gasteiger partial charge is 0.488 e. The van der Waals surface area contributed by atoms with Crippen LogP contribution in [0.1, 0.15) is 76.6 Å². The summed E-state index contributed by atoms with van der Waals surface area (Å²) in [4.78, 5) is 73.7. The summed E-state index contributed by atoms with van der Waals surface area (Å²) in [5.41, 5.74) is 1.40. The van der Waals surface area contributed by atoms with Crippen LogP contribution in [0.5, 0.6) is 0 Å². The Morgan fingerprint density at radius 3 is 2.45 bits per heavy atom. The molecule has 5 aliphatic rings. The second kappa shape index (κ2) is 18.1. The number of aromatic nitrogens is 3. The van der Waals surface area contributed by atoms with Crippen molar-refractivity contribution in [3.63, 3.8) is 0 Å². The van der Waals surface area contributed by atoms with E-state index in [1.165, 1.54) is 4.90 Å². The van der Waals surface area contributed by atoms with Crippen LogP contribution < -0.4 is 21.3 Å². The Kier molecular flexibility index (Phi) is 13.0. The smallest absolute Gasteiger partial charge is 0.246 e. The summed E-state index contributed by atoms with van der Waals surface area (Å²) < 4.78 is 7.72. The van der Waals surface area contributed by atoms with Crippen molar-refractivity contribution < 1.29 is 28.7 Å². The van der Waals surface area contributed by atoms with Crippen LogP contribution in [0.25, 0.3) is 0 Å². The molecule has 1 aliphatic carbocycles. The summed E-state index contributed by atoms with van der Waals surface area (Å²) in [5.74, 6) is -1.52. The first-order chi connectivity index (χ1) is 26.5. The van der Waals surface area contributed by atoms with Crippen LogP contribution in [0.4, 0.5) is 0 Å². The first-order valence-electron chi connectivity index (χ1n) is 19.6. The van der Waals surface area contributed by atoms with Crippen LogP contribution in [0, 0.1) is 11.8 Å². The predicted octanol–water partition coefficient (Wildman–Crippen LogP) is 1.77. The number of fused-ring (bicyclic) bond motifs is 8. The van der Waals surface area contributed by atoms with Crippen LogP contribution in [-0.4, -0.2) is 111 Å². The van der Waals surface area contributed by atoms with Gasteiger partial charge in [0.25, 0.3) is 0 Å². The zero-order valence-corrected chi connectivity index (χ0v) is 32.3. The van der Waals surface area contributed by atoms with E-state index in [0.717, 1.165) is 24.8 Å². The van der Waals surface area contributed by atoms with Crippen LogP contribution >= 0.6 is 0 Å². The molecule has 2 aromatic rings. The zero-order valence-electron chi connectivity index (χ0n) is 32.3. The van der Waals surface area contributed by atoms with Gasteiger partial charge in [-0.05, 0) is 75.6 Å². The number of piperidine rings is 1. The Morgan fingerprint density at radius 1 is 1.00 bits per heavy atom. The van der Waals surface area contributed by atoms with Gasteiger partial charge in [0.15, 0.2) is 0 Å². The van der Waals surface area contributed by atoms with Crippen molar-refractivity contribution in [3.8, 4) is 0 Å². The number of carbonyl (C=O) groups is 5. The molecule has 1 aromatic heterocycles. The van der Waals surface area contributed by atoms with E-state index < -0.39 is 54.0 Å². The topological polar surface area (TPSA) is 180 Å². The number of rotatable bonds is 8. The molecule has 7 atom stereocenters. The molecule has 55 heavy (non-hydrogen) atoms. The molecule has 4 N–H and O–H groups in total. The van der Waals surface area contributed by atoms with E-state index in [0.29, 0.717) is 37.4 Å². The maximum atomic E-state index is 14.5. The molecule has 1 aromatic carbocycles. The molecule has 0 saturated carbocycles. The first-order valence-corrected chi connectivity index (χ1v) is 19.6. The summed E-state index contributed by atoms with van der Waals surface area (Å²) in [5, 5.41) is 20.5. The highest BCUT2D eigenvalue weighted by atomic mass is 16.5. The second-order valence-electron chi connectivity index (χ2n) is 15.5. The number of ether oxygens (including phenoxy) is 1. The highest BCUT2D eigenvalue weighted by Crippen LogP contribution is 2.30. The van der Waals surface area contributed by atoms with Gasteiger partial charge in [0.05, 0.1) is 18.3 Å². The lowest BCUT2D eigenvalue weighted by Crippen LogP contribution is -2.60. The average Bonchev–Trinajstić information content (AvgIpc) is 3.87. The summed E-state index contributed by atoms with van der Waals surface area (Å²) in [6.07, 6.45) is 11.9. The highest BCUT2D eigenvalue weighted by Gasteiger charge is 2.45. The van der Waals surface area contributed by atoms with Crippen molar-refractivity contribution in [2.24, 2.45) is 11.8 Å². The van der Waals surface area contributed by atoms with E-state index in [1.54, 1.807) is 24.9 Å². The molecule has 5 heterocycles. The number of hydrogen-bond acceptors (Lipinski definition) is 9. The summed E-state index contributed by atoms with van der Waals surface area (Å²) in [6, 6.07) is 4.64. The fraction of sp³-hybridized carbons (Fsp3) is 0.575. The van der Waals surface area contributed by atoms with Gasteiger partial charge in [0.1, 0.15) is 42.2 Å². The summed E-state index contributed by atoms with van der Waals surface area (Å²) in [7, 11) is 1.66. The fourth-order valence-electron chi connectivity index (χ4n) is 7.70. The number of hydrogen-bond donors (Lipinski definition) is 4. The minimum Gasteiger partial charge on any atom is -0.488 e. The molecule has 296 valence electrons. The molecule has 15 nitrogen and oxygen atoms in total. The molecule has 15 heteroatoms. The predicted molar refractivity (Wildman–Crippen MR) is 204 cm³/mol. The summed E-state index contributed by atoms with van der Waals surface area (Å²) in [6.45, 7) is 6.94. The Hall–Kier alpha value is -5.05. The van der Waals surface area contributed by atoms with E-state index in [1.807, 2.05) is 67.3 Å². The van der Waals surface area contributed by atoms with Gasteiger partial charge >= 0.3 is 0 Å². The van der Waals surface area contributed by atoms with E-state index in [2.05, 4.69) is 31.6 Å². The van der Waals surface area contributed by atoms with E-state index in [4.69, 9.17) is 4.74 Å². The van der Waals surface area contributed by atoms with Gasteiger partial charge in [-0.2, -0.15) is 0 Å². The van der Waals surface area contributed by atoms with Gasteiger partial charge in [-0.15, -0.1) is 5.10 Å². The fourth-order valence-corrected chi connectivity index (χ4v) is 7.70. The van der Waals surface area contributed by atoms with Gasteiger partial charge < -0.3 is 35.8 Å². The average molecular weight is 758 g/mol. The number of amides is 5. The Balaban J connectivity index is 1.34. The third kappa shape index (κ3) is 9.80. The lowest BCUT2D eigenvalue weighted by Gasteiger charge is -2.33.